The Morgan fingerprint density at radius 2 is 1.90 bits per heavy atom. The van der Waals surface area contributed by atoms with Gasteiger partial charge in [-0.05, 0) is 78.2 Å². The number of halogens is 2. The zero-order valence-electron chi connectivity index (χ0n) is 22.8. The molecule has 6 heterocycles. The van der Waals surface area contributed by atoms with Gasteiger partial charge in [-0.1, -0.05) is 11.6 Å². The van der Waals surface area contributed by atoms with E-state index in [9.17, 15) is 4.79 Å². The number of piperidine rings is 1. The standard InChI is InChI=1S/C28H36ClFN6O3/c1-27(2,3)39-26(37)36-18-7-8-19(36)14-34(13-18)24-20-12-31-23(29)21(30)22(20)32-25(33-24)38-15-28-9-4-10-35(28)17-6-5-16(28)11-17/h12,16-19H,4-11,13-15H2,1-3H3/t16?,17?,18-,19+,28?. The molecule has 2 aromatic heterocycles. The number of amides is 1. The molecule has 5 aliphatic rings. The topological polar surface area (TPSA) is 83.9 Å². The molecule has 2 aromatic rings. The van der Waals surface area contributed by atoms with Crippen LogP contribution in [0.15, 0.2) is 6.20 Å². The van der Waals surface area contributed by atoms with Crippen molar-refractivity contribution in [3.8, 4) is 6.01 Å². The Balaban J connectivity index is 1.19. The van der Waals surface area contributed by atoms with Crippen molar-refractivity contribution in [2.24, 2.45) is 5.92 Å². The molecule has 7 rings (SSSR count). The highest BCUT2D eigenvalue weighted by Crippen LogP contribution is 2.54. The highest BCUT2D eigenvalue weighted by molar-refractivity contribution is 6.30. The zero-order valence-corrected chi connectivity index (χ0v) is 23.6. The van der Waals surface area contributed by atoms with Gasteiger partial charge in [0, 0.05) is 25.3 Å². The van der Waals surface area contributed by atoms with E-state index in [1.807, 2.05) is 25.7 Å². The van der Waals surface area contributed by atoms with Crippen LogP contribution in [0.5, 0.6) is 6.01 Å². The second-order valence-electron chi connectivity index (χ2n) is 13.0. The van der Waals surface area contributed by atoms with Crippen molar-refractivity contribution >= 4 is 34.4 Å². The van der Waals surface area contributed by atoms with Crippen molar-refractivity contribution in [1.82, 2.24) is 24.8 Å². The molecule has 5 atom stereocenters. The molecular formula is C28H36ClFN6O3. The number of ether oxygens (including phenoxy) is 2. The van der Waals surface area contributed by atoms with Crippen molar-refractivity contribution in [1.29, 1.82) is 0 Å². The fourth-order valence-corrected chi connectivity index (χ4v) is 8.23. The van der Waals surface area contributed by atoms with Crippen molar-refractivity contribution in [3.05, 3.63) is 17.2 Å². The van der Waals surface area contributed by atoms with Crippen LogP contribution in [0.3, 0.4) is 0 Å². The van der Waals surface area contributed by atoms with Gasteiger partial charge in [0.25, 0.3) is 0 Å². The van der Waals surface area contributed by atoms with E-state index in [1.54, 1.807) is 0 Å². The molecule has 0 spiro atoms. The van der Waals surface area contributed by atoms with Crippen LogP contribution in [-0.4, -0.2) is 86.4 Å². The van der Waals surface area contributed by atoms with Gasteiger partial charge >= 0.3 is 12.1 Å². The number of aromatic nitrogens is 3. The van der Waals surface area contributed by atoms with Crippen LogP contribution in [0.4, 0.5) is 15.0 Å². The van der Waals surface area contributed by atoms with E-state index in [2.05, 4.69) is 19.8 Å². The van der Waals surface area contributed by atoms with E-state index in [4.69, 9.17) is 26.1 Å². The van der Waals surface area contributed by atoms with Crippen LogP contribution in [0.1, 0.15) is 65.7 Å². The van der Waals surface area contributed by atoms with Crippen molar-refractivity contribution in [2.75, 3.05) is 31.1 Å². The summed E-state index contributed by atoms with van der Waals surface area (Å²) in [4.78, 5) is 33.0. The lowest BCUT2D eigenvalue weighted by atomic mass is 9.82. The molecule has 5 fully saturated rings. The van der Waals surface area contributed by atoms with E-state index >= 15 is 4.39 Å². The lowest BCUT2D eigenvalue weighted by Gasteiger charge is -2.42. The Morgan fingerprint density at radius 3 is 2.64 bits per heavy atom. The van der Waals surface area contributed by atoms with Gasteiger partial charge in [-0.15, -0.1) is 0 Å². The van der Waals surface area contributed by atoms with Crippen LogP contribution in [0.2, 0.25) is 5.15 Å². The minimum atomic E-state index is -0.668. The lowest BCUT2D eigenvalue weighted by molar-refractivity contribution is 0.0122. The SMILES string of the molecule is CC(C)(C)OC(=O)N1[C@@H]2CC[C@H]1CN(c1nc(OCC34CCCN3C3CCC4C3)nc3c(F)c(Cl)ncc13)C2. The predicted molar refractivity (Wildman–Crippen MR) is 145 cm³/mol. The quantitative estimate of drug-likeness (QED) is 0.495. The number of rotatable bonds is 4. The summed E-state index contributed by atoms with van der Waals surface area (Å²) in [5.74, 6) is 0.544. The third kappa shape index (κ3) is 4.12. The zero-order chi connectivity index (χ0) is 27.1. The van der Waals surface area contributed by atoms with Gasteiger partial charge in [0.2, 0.25) is 0 Å². The predicted octanol–water partition coefficient (Wildman–Crippen LogP) is 4.80. The number of carbonyl (C=O) groups is 1. The van der Waals surface area contributed by atoms with Crippen LogP contribution < -0.4 is 9.64 Å². The average molecular weight is 559 g/mol. The molecule has 0 aromatic carbocycles. The van der Waals surface area contributed by atoms with Crippen LogP contribution in [0, 0.1) is 11.7 Å². The molecule has 1 aliphatic carbocycles. The number of pyridine rings is 1. The van der Waals surface area contributed by atoms with E-state index in [-0.39, 0.29) is 40.4 Å². The Bertz CT molecular complexity index is 1310. The Labute approximate surface area is 233 Å². The summed E-state index contributed by atoms with van der Waals surface area (Å²) in [6.45, 7) is 8.40. The third-order valence-electron chi connectivity index (χ3n) is 9.62. The highest BCUT2D eigenvalue weighted by atomic mass is 35.5. The first-order valence-corrected chi connectivity index (χ1v) is 14.7. The highest BCUT2D eigenvalue weighted by Gasteiger charge is 2.59. The van der Waals surface area contributed by atoms with Crippen LogP contribution >= 0.6 is 11.6 Å². The summed E-state index contributed by atoms with van der Waals surface area (Å²) in [5.41, 5.74) is -0.405. The summed E-state index contributed by atoms with van der Waals surface area (Å²) >= 11 is 6.07. The molecule has 0 N–H and O–H groups in total. The summed E-state index contributed by atoms with van der Waals surface area (Å²) in [6.07, 6.45) is 9.08. The van der Waals surface area contributed by atoms with Gasteiger partial charge in [0.05, 0.1) is 23.0 Å². The lowest BCUT2D eigenvalue weighted by Crippen LogP contribution is -2.57. The minimum Gasteiger partial charge on any atom is -0.461 e. The summed E-state index contributed by atoms with van der Waals surface area (Å²) in [7, 11) is 0. The maximum absolute atomic E-state index is 15.3. The number of fused-ring (bicyclic) bond motifs is 8. The van der Waals surface area contributed by atoms with E-state index in [1.165, 1.54) is 31.9 Å². The van der Waals surface area contributed by atoms with E-state index in [0.717, 1.165) is 25.8 Å². The molecule has 1 amide bonds. The Kier molecular flexibility index (Phi) is 5.90. The van der Waals surface area contributed by atoms with Crippen LogP contribution in [0.25, 0.3) is 10.9 Å². The molecule has 4 aliphatic heterocycles. The monoisotopic (exact) mass is 558 g/mol. The van der Waals surface area contributed by atoms with Crippen molar-refractivity contribution < 1.29 is 18.7 Å². The van der Waals surface area contributed by atoms with Gasteiger partial charge in [0.15, 0.2) is 11.0 Å². The number of piperazine rings is 1. The number of hydrogen-bond donors (Lipinski definition) is 0. The second kappa shape index (κ2) is 9.03. The van der Waals surface area contributed by atoms with Crippen molar-refractivity contribution in [2.45, 2.75) is 95.0 Å². The minimum absolute atomic E-state index is 0.0157. The number of hydrogen-bond acceptors (Lipinski definition) is 8. The Morgan fingerprint density at radius 1 is 1.15 bits per heavy atom. The maximum Gasteiger partial charge on any atom is 0.410 e. The van der Waals surface area contributed by atoms with Crippen molar-refractivity contribution in [3.63, 3.8) is 0 Å². The van der Waals surface area contributed by atoms with Gasteiger partial charge in [-0.2, -0.15) is 9.97 Å². The largest absolute Gasteiger partial charge is 0.461 e. The smallest absolute Gasteiger partial charge is 0.410 e. The fourth-order valence-electron chi connectivity index (χ4n) is 8.09. The molecule has 4 bridgehead atoms. The summed E-state index contributed by atoms with van der Waals surface area (Å²) in [5, 5.41) is 0.275. The van der Waals surface area contributed by atoms with Gasteiger partial charge < -0.3 is 14.4 Å². The fraction of sp³-hybridized carbons (Fsp3) is 0.714. The second-order valence-corrected chi connectivity index (χ2v) is 13.3. The first kappa shape index (κ1) is 25.5. The maximum atomic E-state index is 15.3. The molecule has 3 unspecified atom stereocenters. The molecule has 9 nitrogen and oxygen atoms in total. The number of carbonyl (C=O) groups excluding carboxylic acids is 1. The first-order chi connectivity index (χ1) is 18.6. The van der Waals surface area contributed by atoms with E-state index in [0.29, 0.717) is 42.9 Å². The molecule has 4 saturated heterocycles. The number of nitrogens with zero attached hydrogens (tertiary/aromatic N) is 6. The molecule has 1 saturated carbocycles. The molecular weight excluding hydrogens is 523 g/mol. The molecule has 210 valence electrons. The normalized spacial score (nSPS) is 31.8. The Hall–Kier alpha value is -2.46. The third-order valence-corrected chi connectivity index (χ3v) is 9.89. The molecule has 11 heteroatoms. The van der Waals surface area contributed by atoms with Gasteiger partial charge in [0.1, 0.15) is 23.5 Å². The molecule has 0 radical (unpaired) electrons. The van der Waals surface area contributed by atoms with Crippen LogP contribution in [-0.2, 0) is 4.74 Å². The summed E-state index contributed by atoms with van der Waals surface area (Å²) in [6, 6.07) is 0.800. The van der Waals surface area contributed by atoms with Gasteiger partial charge in [-0.25, -0.2) is 14.2 Å². The first-order valence-electron chi connectivity index (χ1n) is 14.3. The van der Waals surface area contributed by atoms with E-state index < -0.39 is 11.4 Å². The summed E-state index contributed by atoms with van der Waals surface area (Å²) < 4.78 is 27.3. The number of anilines is 1. The molecule has 39 heavy (non-hydrogen) atoms. The average Bonchev–Trinajstić information content (AvgIpc) is 3.64. The van der Waals surface area contributed by atoms with Gasteiger partial charge in [-0.3, -0.25) is 9.80 Å².